The molecular weight excluding hydrogens is 511 g/mol. The molecule has 0 fully saturated rings. The van der Waals surface area contributed by atoms with Gasteiger partial charge in [-0.05, 0) is 49.7 Å². The predicted octanol–water partition coefficient (Wildman–Crippen LogP) is 5.52. The molecule has 0 atom stereocenters. The van der Waals surface area contributed by atoms with Crippen molar-refractivity contribution < 1.29 is 8.78 Å². The van der Waals surface area contributed by atoms with Crippen LogP contribution in [0.3, 0.4) is 0 Å². The SMILES string of the molecule is Cc1cccc(-c2[nH]c(CN(I)CCc3c(F)cccc3F)nc2-c2ccncc2)n1. The average molecular weight is 531 g/mol. The number of aryl methyl sites for hydroxylation is 1. The highest BCUT2D eigenvalue weighted by Crippen LogP contribution is 2.29. The second-order valence-corrected chi connectivity index (χ2v) is 8.47. The van der Waals surface area contributed by atoms with Crippen LogP contribution in [0.5, 0.6) is 0 Å². The van der Waals surface area contributed by atoms with E-state index in [1.165, 1.54) is 18.2 Å². The summed E-state index contributed by atoms with van der Waals surface area (Å²) in [6.45, 7) is 2.91. The molecule has 0 saturated carbocycles. The summed E-state index contributed by atoms with van der Waals surface area (Å²) < 4.78 is 29.8. The van der Waals surface area contributed by atoms with Crippen LogP contribution in [0.15, 0.2) is 60.9 Å². The van der Waals surface area contributed by atoms with Crippen molar-refractivity contribution in [3.8, 4) is 22.6 Å². The molecule has 0 aliphatic rings. The number of aromatic amines is 1. The van der Waals surface area contributed by atoms with E-state index in [-0.39, 0.29) is 12.0 Å². The van der Waals surface area contributed by atoms with Gasteiger partial charge in [-0.3, -0.25) is 9.97 Å². The highest BCUT2D eigenvalue weighted by molar-refractivity contribution is 14.1. The lowest BCUT2D eigenvalue weighted by Gasteiger charge is -2.13. The summed E-state index contributed by atoms with van der Waals surface area (Å²) >= 11 is 2.15. The van der Waals surface area contributed by atoms with Crippen molar-refractivity contribution in [2.75, 3.05) is 6.54 Å². The minimum Gasteiger partial charge on any atom is -0.339 e. The molecule has 0 saturated heterocycles. The molecule has 0 spiro atoms. The molecule has 31 heavy (non-hydrogen) atoms. The number of pyridine rings is 2. The molecule has 0 radical (unpaired) electrons. The molecule has 3 heterocycles. The zero-order chi connectivity index (χ0) is 21.8. The largest absolute Gasteiger partial charge is 0.339 e. The zero-order valence-electron chi connectivity index (χ0n) is 16.8. The Bertz CT molecular complexity index is 1160. The standard InChI is InChI=1S/C23H20F2IN5/c1-15-4-2-7-20(28-15)23-22(16-8-11-27-12-9-16)29-21(30-23)14-31(26)13-10-17-18(24)5-3-6-19(17)25/h2-9,11-12H,10,13-14H2,1H3,(H,29,30). The van der Waals surface area contributed by atoms with Gasteiger partial charge >= 0.3 is 0 Å². The van der Waals surface area contributed by atoms with Crippen LogP contribution in [0, 0.1) is 18.6 Å². The van der Waals surface area contributed by atoms with Gasteiger partial charge < -0.3 is 4.98 Å². The Labute approximate surface area is 193 Å². The summed E-state index contributed by atoms with van der Waals surface area (Å²) in [5.74, 6) is -0.292. The highest BCUT2D eigenvalue weighted by atomic mass is 127. The van der Waals surface area contributed by atoms with Crippen LogP contribution < -0.4 is 0 Å². The van der Waals surface area contributed by atoms with Gasteiger partial charge in [-0.1, -0.05) is 12.1 Å². The Hall–Kier alpha value is -2.72. The fourth-order valence-corrected chi connectivity index (χ4v) is 3.89. The number of nitrogens with zero attached hydrogens (tertiary/aromatic N) is 4. The summed E-state index contributed by atoms with van der Waals surface area (Å²) in [4.78, 5) is 16.9. The van der Waals surface area contributed by atoms with E-state index in [0.29, 0.717) is 13.1 Å². The molecule has 0 unspecified atom stereocenters. The minimum absolute atomic E-state index is 0.103. The molecule has 0 aliphatic heterocycles. The first kappa shape index (κ1) is 21.5. The number of halogens is 3. The number of imidazole rings is 1. The summed E-state index contributed by atoms with van der Waals surface area (Å²) in [6, 6.07) is 13.6. The Morgan fingerprint density at radius 1 is 0.968 bits per heavy atom. The minimum atomic E-state index is -0.518. The third-order valence-electron chi connectivity index (χ3n) is 4.84. The maximum absolute atomic E-state index is 13.9. The van der Waals surface area contributed by atoms with Gasteiger partial charge in [0, 0.05) is 58.6 Å². The molecule has 0 bridgehead atoms. The molecule has 3 aromatic heterocycles. The summed E-state index contributed by atoms with van der Waals surface area (Å²) in [6.07, 6.45) is 3.72. The van der Waals surface area contributed by atoms with Crippen LogP contribution in [-0.2, 0) is 13.0 Å². The zero-order valence-corrected chi connectivity index (χ0v) is 19.0. The molecular formula is C23H20F2IN5. The van der Waals surface area contributed by atoms with Gasteiger partial charge in [-0.25, -0.2) is 16.9 Å². The fourth-order valence-electron chi connectivity index (χ4n) is 3.33. The van der Waals surface area contributed by atoms with E-state index in [2.05, 4.69) is 37.8 Å². The highest BCUT2D eigenvalue weighted by Gasteiger charge is 2.17. The third-order valence-corrected chi connectivity index (χ3v) is 5.66. The van der Waals surface area contributed by atoms with Crippen LogP contribution in [0.2, 0.25) is 0 Å². The lowest BCUT2D eigenvalue weighted by molar-refractivity contribution is 0.477. The van der Waals surface area contributed by atoms with E-state index >= 15 is 0 Å². The molecule has 8 heteroatoms. The number of benzene rings is 1. The van der Waals surface area contributed by atoms with Gasteiger partial charge in [0.05, 0.1) is 23.6 Å². The molecule has 5 nitrogen and oxygen atoms in total. The predicted molar refractivity (Wildman–Crippen MR) is 124 cm³/mol. The number of aromatic nitrogens is 4. The second kappa shape index (κ2) is 9.61. The van der Waals surface area contributed by atoms with Crippen molar-refractivity contribution in [1.29, 1.82) is 0 Å². The number of hydrogen-bond donors (Lipinski definition) is 1. The van der Waals surface area contributed by atoms with Crippen molar-refractivity contribution in [1.82, 2.24) is 23.0 Å². The number of nitrogens with one attached hydrogen (secondary N) is 1. The molecule has 158 valence electrons. The first-order chi connectivity index (χ1) is 15.0. The second-order valence-electron chi connectivity index (χ2n) is 7.10. The Balaban J connectivity index is 1.57. The molecule has 4 rings (SSSR count). The van der Waals surface area contributed by atoms with Crippen LogP contribution in [0.4, 0.5) is 8.78 Å². The van der Waals surface area contributed by atoms with Crippen molar-refractivity contribution in [3.05, 3.63) is 89.6 Å². The summed E-state index contributed by atoms with van der Waals surface area (Å²) in [7, 11) is 0. The van der Waals surface area contributed by atoms with Crippen molar-refractivity contribution in [2.24, 2.45) is 0 Å². The Morgan fingerprint density at radius 3 is 2.39 bits per heavy atom. The fraction of sp³-hybridized carbons (Fsp3) is 0.174. The number of rotatable bonds is 7. The molecule has 0 amide bonds. The average Bonchev–Trinajstić information content (AvgIpc) is 3.18. The van der Waals surface area contributed by atoms with Crippen LogP contribution >= 0.6 is 22.9 Å². The molecule has 1 aromatic carbocycles. The van der Waals surface area contributed by atoms with Gasteiger partial charge in [-0.2, -0.15) is 0 Å². The summed E-state index contributed by atoms with van der Waals surface area (Å²) in [5.41, 5.74) is 4.38. The maximum Gasteiger partial charge on any atom is 0.129 e. The van der Waals surface area contributed by atoms with E-state index in [9.17, 15) is 8.78 Å². The normalized spacial score (nSPS) is 11.3. The number of hydrogen-bond acceptors (Lipinski definition) is 4. The van der Waals surface area contributed by atoms with E-state index < -0.39 is 11.6 Å². The lowest BCUT2D eigenvalue weighted by Crippen LogP contribution is -2.16. The smallest absolute Gasteiger partial charge is 0.129 e. The van der Waals surface area contributed by atoms with Crippen LogP contribution in [0.25, 0.3) is 22.6 Å². The van der Waals surface area contributed by atoms with E-state index in [1.54, 1.807) is 12.4 Å². The maximum atomic E-state index is 13.9. The van der Waals surface area contributed by atoms with Crippen LogP contribution in [0.1, 0.15) is 17.1 Å². The van der Waals surface area contributed by atoms with Gasteiger partial charge in [0.1, 0.15) is 17.5 Å². The first-order valence-electron chi connectivity index (χ1n) is 9.78. The molecule has 1 N–H and O–H groups in total. The first-order valence-corrected chi connectivity index (χ1v) is 10.7. The van der Waals surface area contributed by atoms with E-state index in [4.69, 9.17) is 4.98 Å². The lowest BCUT2D eigenvalue weighted by atomic mass is 10.1. The van der Waals surface area contributed by atoms with Crippen LogP contribution in [-0.4, -0.2) is 29.6 Å². The van der Waals surface area contributed by atoms with E-state index in [0.717, 1.165) is 34.2 Å². The van der Waals surface area contributed by atoms with Gasteiger partial charge in [0.25, 0.3) is 0 Å². The Morgan fingerprint density at radius 2 is 1.68 bits per heavy atom. The monoisotopic (exact) mass is 531 g/mol. The Kier molecular flexibility index (Phi) is 6.67. The van der Waals surface area contributed by atoms with Crippen molar-refractivity contribution in [3.63, 3.8) is 0 Å². The third kappa shape index (κ3) is 5.13. The van der Waals surface area contributed by atoms with E-state index in [1.807, 2.05) is 40.4 Å². The number of H-pyrrole nitrogens is 1. The van der Waals surface area contributed by atoms with Crippen molar-refractivity contribution >= 4 is 22.9 Å². The topological polar surface area (TPSA) is 57.7 Å². The van der Waals surface area contributed by atoms with Gasteiger partial charge in [0.2, 0.25) is 0 Å². The molecule has 4 aromatic rings. The van der Waals surface area contributed by atoms with Gasteiger partial charge in [-0.15, -0.1) is 0 Å². The summed E-state index contributed by atoms with van der Waals surface area (Å²) in [5, 5.41) is 0. The molecule has 0 aliphatic carbocycles. The quantitative estimate of drug-likeness (QED) is 0.252. The van der Waals surface area contributed by atoms with Gasteiger partial charge in [0.15, 0.2) is 0 Å². The van der Waals surface area contributed by atoms with Crippen molar-refractivity contribution in [2.45, 2.75) is 19.9 Å².